The molecule has 7 nitrogen and oxygen atoms in total. The Labute approximate surface area is 151 Å². The molecule has 3 aromatic rings. The molecular weight excluding hydrogens is 385 g/mol. The van der Waals surface area contributed by atoms with Crippen molar-refractivity contribution in [3.8, 4) is 11.3 Å². The van der Waals surface area contributed by atoms with E-state index in [1.54, 1.807) is 18.2 Å². The van der Waals surface area contributed by atoms with Crippen LogP contribution in [0.1, 0.15) is 11.1 Å². The van der Waals surface area contributed by atoms with E-state index in [1.165, 1.54) is 12.1 Å². The average molecular weight is 398 g/mol. The number of nitrogens with zero attached hydrogens (tertiary/aromatic N) is 1. The summed E-state index contributed by atoms with van der Waals surface area (Å²) < 4.78 is 64.1. The zero-order chi connectivity index (χ0) is 19.8. The summed E-state index contributed by atoms with van der Waals surface area (Å²) in [7, 11) is -4.15. The Kier molecular flexibility index (Phi) is 4.76. The molecule has 1 heterocycles. The molecule has 11 heteroatoms. The monoisotopic (exact) mass is 398 g/mol. The van der Waals surface area contributed by atoms with Crippen LogP contribution in [0.3, 0.4) is 0 Å². The third-order valence-electron chi connectivity index (χ3n) is 3.85. The molecule has 0 aliphatic carbocycles. The minimum absolute atomic E-state index is 0.120. The van der Waals surface area contributed by atoms with Crippen molar-refractivity contribution < 1.29 is 21.6 Å². The molecule has 142 valence electrons. The highest BCUT2D eigenvalue weighted by Crippen LogP contribution is 2.35. The number of alkyl halides is 3. The Bertz CT molecular complexity index is 1170. The Balaban J connectivity index is 2.16. The summed E-state index contributed by atoms with van der Waals surface area (Å²) in [4.78, 5) is 11.8. The summed E-state index contributed by atoms with van der Waals surface area (Å²) in [6.45, 7) is -0.617. The van der Waals surface area contributed by atoms with Crippen molar-refractivity contribution >= 4 is 21.0 Å². The molecule has 0 fully saturated rings. The lowest BCUT2D eigenvalue weighted by atomic mass is 9.99. The fraction of sp³-hybridized carbons (Fsp3) is 0.125. The van der Waals surface area contributed by atoms with E-state index in [9.17, 15) is 26.4 Å². The molecule has 0 bridgehead atoms. The highest BCUT2D eigenvalue weighted by atomic mass is 32.2. The standard InChI is InChI=1S/C16H13F3N4O3S/c17-16(18,19)13-7-9(5-6-10(13)8-21-27(20,25)26)14-11-3-1-2-4-12(11)15(24)23-22-14/h1-7,21H,8H2,(H,23,24)(H2,20,25,26). The summed E-state index contributed by atoms with van der Waals surface area (Å²) in [6.07, 6.45) is -4.73. The first-order chi connectivity index (χ1) is 12.6. The molecule has 0 radical (unpaired) electrons. The van der Waals surface area contributed by atoms with Gasteiger partial charge in [-0.15, -0.1) is 0 Å². The van der Waals surface area contributed by atoms with Crippen molar-refractivity contribution in [2.24, 2.45) is 5.14 Å². The van der Waals surface area contributed by atoms with Gasteiger partial charge in [-0.2, -0.15) is 31.4 Å². The smallest absolute Gasteiger partial charge is 0.267 e. The number of fused-ring (bicyclic) bond motifs is 1. The molecule has 0 unspecified atom stereocenters. The van der Waals surface area contributed by atoms with Gasteiger partial charge in [-0.05, 0) is 17.7 Å². The molecule has 3 rings (SSSR count). The first-order valence-electron chi connectivity index (χ1n) is 7.51. The number of rotatable bonds is 4. The second-order valence-corrected chi connectivity index (χ2v) is 7.06. The van der Waals surface area contributed by atoms with Crippen LogP contribution in [0.2, 0.25) is 0 Å². The maximum atomic E-state index is 13.5. The molecule has 0 saturated heterocycles. The van der Waals surface area contributed by atoms with Gasteiger partial charge in [0.05, 0.1) is 16.6 Å². The zero-order valence-electron chi connectivity index (χ0n) is 13.5. The number of aromatic nitrogens is 2. The normalized spacial score (nSPS) is 12.4. The van der Waals surface area contributed by atoms with Crippen molar-refractivity contribution in [1.82, 2.24) is 14.9 Å². The summed E-state index contributed by atoms with van der Waals surface area (Å²) in [5, 5.41) is 11.6. The van der Waals surface area contributed by atoms with Crippen LogP contribution in [-0.4, -0.2) is 18.6 Å². The average Bonchev–Trinajstić information content (AvgIpc) is 2.59. The number of nitrogens with two attached hydrogens (primary N) is 1. The van der Waals surface area contributed by atoms with E-state index in [0.717, 1.165) is 12.1 Å². The van der Waals surface area contributed by atoms with Gasteiger partial charge in [0.25, 0.3) is 15.8 Å². The van der Waals surface area contributed by atoms with Crippen LogP contribution < -0.4 is 15.4 Å². The van der Waals surface area contributed by atoms with E-state index >= 15 is 0 Å². The van der Waals surface area contributed by atoms with Gasteiger partial charge in [0.2, 0.25) is 0 Å². The number of hydrogen-bond acceptors (Lipinski definition) is 4. The van der Waals surface area contributed by atoms with Gasteiger partial charge in [0.15, 0.2) is 0 Å². The SMILES string of the molecule is NS(=O)(=O)NCc1ccc(-c2n[nH]c(=O)c3ccccc23)cc1C(F)(F)F. The molecule has 0 aliphatic heterocycles. The van der Waals surface area contributed by atoms with Crippen LogP contribution in [0.4, 0.5) is 13.2 Å². The third kappa shape index (κ3) is 4.15. The summed E-state index contributed by atoms with van der Waals surface area (Å²) in [5.41, 5.74) is -1.50. The lowest BCUT2D eigenvalue weighted by Crippen LogP contribution is -2.31. The van der Waals surface area contributed by atoms with Crippen LogP contribution in [0.25, 0.3) is 22.0 Å². The fourth-order valence-corrected chi connectivity index (χ4v) is 3.01. The van der Waals surface area contributed by atoms with Gasteiger partial charge in [-0.1, -0.05) is 30.3 Å². The van der Waals surface area contributed by atoms with Crippen LogP contribution >= 0.6 is 0 Å². The van der Waals surface area contributed by atoms with Crippen molar-refractivity contribution in [3.05, 3.63) is 63.9 Å². The van der Waals surface area contributed by atoms with Gasteiger partial charge in [0.1, 0.15) is 0 Å². The highest BCUT2D eigenvalue weighted by Gasteiger charge is 2.34. The molecule has 0 atom stereocenters. The van der Waals surface area contributed by atoms with E-state index in [-0.39, 0.29) is 22.2 Å². The van der Waals surface area contributed by atoms with Crippen molar-refractivity contribution in [2.45, 2.75) is 12.7 Å². The summed E-state index contributed by atoms with van der Waals surface area (Å²) in [5.74, 6) is 0. The first-order valence-corrected chi connectivity index (χ1v) is 9.06. The number of H-pyrrole nitrogens is 1. The number of hydrogen-bond donors (Lipinski definition) is 3. The lowest BCUT2D eigenvalue weighted by Gasteiger charge is -2.15. The van der Waals surface area contributed by atoms with E-state index in [2.05, 4.69) is 10.2 Å². The van der Waals surface area contributed by atoms with Crippen LogP contribution in [0, 0.1) is 0 Å². The van der Waals surface area contributed by atoms with Crippen molar-refractivity contribution in [1.29, 1.82) is 0 Å². The predicted octanol–water partition coefficient (Wildman–Crippen LogP) is 1.90. The van der Waals surface area contributed by atoms with Crippen molar-refractivity contribution in [2.75, 3.05) is 0 Å². The van der Waals surface area contributed by atoms with E-state index in [0.29, 0.717) is 5.39 Å². The van der Waals surface area contributed by atoms with Crippen LogP contribution in [-0.2, 0) is 22.9 Å². The number of nitrogens with one attached hydrogen (secondary N) is 2. The summed E-state index contributed by atoms with van der Waals surface area (Å²) in [6, 6.07) is 9.74. The van der Waals surface area contributed by atoms with Gasteiger partial charge < -0.3 is 0 Å². The van der Waals surface area contributed by atoms with Crippen molar-refractivity contribution in [3.63, 3.8) is 0 Å². The van der Waals surface area contributed by atoms with Gasteiger partial charge in [-0.3, -0.25) is 4.79 Å². The van der Waals surface area contributed by atoms with E-state index < -0.39 is 34.1 Å². The second-order valence-electron chi connectivity index (χ2n) is 5.68. The number of benzene rings is 2. The maximum Gasteiger partial charge on any atom is 0.416 e. The minimum atomic E-state index is -4.73. The second kappa shape index (κ2) is 6.76. The quantitative estimate of drug-likeness (QED) is 0.622. The first kappa shape index (κ1) is 19.0. The molecule has 2 aromatic carbocycles. The largest absolute Gasteiger partial charge is 0.416 e. The topological polar surface area (TPSA) is 118 Å². The molecule has 0 amide bonds. The van der Waals surface area contributed by atoms with E-state index in [1.807, 2.05) is 4.72 Å². The van der Waals surface area contributed by atoms with E-state index in [4.69, 9.17) is 5.14 Å². The third-order valence-corrected chi connectivity index (χ3v) is 4.40. The minimum Gasteiger partial charge on any atom is -0.267 e. The maximum absolute atomic E-state index is 13.5. The predicted molar refractivity (Wildman–Crippen MR) is 92.7 cm³/mol. The number of aromatic amines is 1. The van der Waals surface area contributed by atoms with Gasteiger partial charge in [-0.25, -0.2) is 10.2 Å². The number of halogens is 3. The summed E-state index contributed by atoms with van der Waals surface area (Å²) >= 11 is 0. The molecular formula is C16H13F3N4O3S. The highest BCUT2D eigenvalue weighted by molar-refractivity contribution is 7.87. The molecule has 0 aliphatic rings. The Morgan fingerprint density at radius 3 is 2.41 bits per heavy atom. The molecule has 0 spiro atoms. The van der Waals surface area contributed by atoms with Gasteiger partial charge in [0, 0.05) is 17.5 Å². The van der Waals surface area contributed by atoms with Gasteiger partial charge >= 0.3 is 6.18 Å². The lowest BCUT2D eigenvalue weighted by molar-refractivity contribution is -0.138. The molecule has 27 heavy (non-hydrogen) atoms. The fourth-order valence-electron chi connectivity index (χ4n) is 2.65. The Morgan fingerprint density at radius 2 is 1.78 bits per heavy atom. The zero-order valence-corrected chi connectivity index (χ0v) is 14.4. The molecule has 4 N–H and O–H groups in total. The Morgan fingerprint density at radius 1 is 1.11 bits per heavy atom. The molecule has 0 saturated carbocycles. The molecule has 1 aromatic heterocycles. The Hall–Kier alpha value is -2.76. The van der Waals surface area contributed by atoms with Crippen LogP contribution in [0.5, 0.6) is 0 Å². The van der Waals surface area contributed by atoms with Crippen LogP contribution in [0.15, 0.2) is 47.3 Å².